The maximum absolute atomic E-state index is 13.0. The van der Waals surface area contributed by atoms with Gasteiger partial charge < -0.3 is 9.84 Å². The Labute approximate surface area is 91.4 Å². The predicted octanol–water partition coefficient (Wildman–Crippen LogP) is 1.86. The standard InChI is InChI=1S/C11H10FNO3/c1-16-9-5-7(12)4-8(15)10(9)11(2-3-11)13-6-14/h4-5,15H,2-3H2,1H3. The zero-order chi connectivity index (χ0) is 11.8. The zero-order valence-corrected chi connectivity index (χ0v) is 8.66. The number of ether oxygens (including phenoxy) is 1. The number of benzene rings is 1. The number of phenolic OH excluding ortho intramolecular Hbond substituents is 1. The van der Waals surface area contributed by atoms with Crippen molar-refractivity contribution in [3.8, 4) is 11.5 Å². The van der Waals surface area contributed by atoms with Gasteiger partial charge in [-0.1, -0.05) is 0 Å². The summed E-state index contributed by atoms with van der Waals surface area (Å²) in [5.41, 5.74) is -0.412. The van der Waals surface area contributed by atoms with Gasteiger partial charge in [-0.15, -0.1) is 0 Å². The first-order chi connectivity index (χ1) is 7.63. The fraction of sp³-hybridized carbons (Fsp3) is 0.364. The number of halogens is 1. The highest BCUT2D eigenvalue weighted by molar-refractivity contribution is 5.54. The monoisotopic (exact) mass is 223 g/mol. The van der Waals surface area contributed by atoms with Gasteiger partial charge in [-0.25, -0.2) is 9.18 Å². The first-order valence-corrected chi connectivity index (χ1v) is 4.79. The first-order valence-electron chi connectivity index (χ1n) is 4.79. The normalized spacial score (nSPS) is 16.4. The second-order valence-corrected chi connectivity index (χ2v) is 3.74. The third kappa shape index (κ3) is 1.55. The molecule has 0 aromatic heterocycles. The molecule has 1 fully saturated rings. The number of nitrogens with zero attached hydrogens (tertiary/aromatic N) is 1. The van der Waals surface area contributed by atoms with Crippen molar-refractivity contribution in [2.75, 3.05) is 7.11 Å². The van der Waals surface area contributed by atoms with Gasteiger partial charge in [0.25, 0.3) is 0 Å². The molecule has 0 saturated heterocycles. The minimum Gasteiger partial charge on any atom is -0.507 e. The fourth-order valence-corrected chi connectivity index (χ4v) is 1.82. The highest BCUT2D eigenvalue weighted by Crippen LogP contribution is 2.55. The Morgan fingerprint density at radius 2 is 2.25 bits per heavy atom. The van der Waals surface area contributed by atoms with Gasteiger partial charge in [0.1, 0.15) is 22.9 Å². The predicted molar refractivity (Wildman–Crippen MR) is 53.7 cm³/mol. The second kappa shape index (κ2) is 3.61. The van der Waals surface area contributed by atoms with Crippen LogP contribution >= 0.6 is 0 Å². The van der Waals surface area contributed by atoms with E-state index in [0.29, 0.717) is 18.4 Å². The molecule has 16 heavy (non-hydrogen) atoms. The Kier molecular flexibility index (Phi) is 2.40. The summed E-state index contributed by atoms with van der Waals surface area (Å²) in [6, 6.07) is 2.15. The van der Waals surface area contributed by atoms with E-state index in [-0.39, 0.29) is 11.5 Å². The molecule has 0 spiro atoms. The van der Waals surface area contributed by atoms with Crippen LogP contribution in [0, 0.1) is 5.82 Å². The number of phenols is 1. The molecule has 0 heterocycles. The Balaban J connectivity index is 2.60. The Morgan fingerprint density at radius 1 is 1.56 bits per heavy atom. The van der Waals surface area contributed by atoms with Crippen LogP contribution in [0.1, 0.15) is 18.4 Å². The summed E-state index contributed by atoms with van der Waals surface area (Å²) in [5, 5.41) is 9.70. The average Bonchev–Trinajstić information content (AvgIpc) is 2.97. The molecule has 5 heteroatoms. The van der Waals surface area contributed by atoms with Gasteiger partial charge in [-0.05, 0) is 12.8 Å². The van der Waals surface area contributed by atoms with E-state index in [1.54, 1.807) is 0 Å². The van der Waals surface area contributed by atoms with Gasteiger partial charge in [-0.2, -0.15) is 4.99 Å². The van der Waals surface area contributed by atoms with Crippen LogP contribution in [0.15, 0.2) is 17.1 Å². The number of methoxy groups -OCH3 is 1. The molecule has 0 amide bonds. The van der Waals surface area contributed by atoms with Crippen LogP contribution in [-0.2, 0) is 10.3 Å². The molecule has 0 atom stereocenters. The van der Waals surface area contributed by atoms with Crippen molar-refractivity contribution in [3.63, 3.8) is 0 Å². The van der Waals surface area contributed by atoms with Crippen LogP contribution in [0.3, 0.4) is 0 Å². The highest BCUT2D eigenvalue weighted by atomic mass is 19.1. The smallest absolute Gasteiger partial charge is 0.235 e. The maximum Gasteiger partial charge on any atom is 0.235 e. The molecule has 4 nitrogen and oxygen atoms in total. The minimum absolute atomic E-state index is 0.203. The Bertz CT molecular complexity index is 476. The van der Waals surface area contributed by atoms with Gasteiger partial charge in [0.05, 0.1) is 12.7 Å². The summed E-state index contributed by atoms with van der Waals surface area (Å²) in [4.78, 5) is 14.0. The van der Waals surface area contributed by atoms with Crippen LogP contribution in [-0.4, -0.2) is 18.3 Å². The molecule has 2 rings (SSSR count). The Hall–Kier alpha value is -1.87. The summed E-state index contributed by atoms with van der Waals surface area (Å²) in [6.07, 6.45) is 2.72. The van der Waals surface area contributed by atoms with Crippen LogP contribution < -0.4 is 4.74 Å². The number of aliphatic imine (C=N–C) groups is 1. The van der Waals surface area contributed by atoms with Crippen LogP contribution in [0.5, 0.6) is 11.5 Å². The van der Waals surface area contributed by atoms with Crippen molar-refractivity contribution >= 4 is 6.08 Å². The molecule has 0 radical (unpaired) electrons. The Morgan fingerprint density at radius 3 is 2.75 bits per heavy atom. The quantitative estimate of drug-likeness (QED) is 0.628. The van der Waals surface area contributed by atoms with E-state index < -0.39 is 11.4 Å². The van der Waals surface area contributed by atoms with E-state index in [9.17, 15) is 14.3 Å². The first kappa shape index (κ1) is 10.6. The van der Waals surface area contributed by atoms with Gasteiger partial charge in [0, 0.05) is 12.1 Å². The minimum atomic E-state index is -0.773. The molecule has 84 valence electrons. The van der Waals surface area contributed by atoms with Crippen molar-refractivity contribution < 1.29 is 19.0 Å². The van der Waals surface area contributed by atoms with E-state index in [1.807, 2.05) is 0 Å². The summed E-state index contributed by atoms with van der Waals surface area (Å²) in [7, 11) is 1.37. The van der Waals surface area contributed by atoms with E-state index in [4.69, 9.17) is 4.74 Å². The van der Waals surface area contributed by atoms with Crippen molar-refractivity contribution in [2.24, 2.45) is 4.99 Å². The van der Waals surface area contributed by atoms with Crippen molar-refractivity contribution in [3.05, 3.63) is 23.5 Å². The van der Waals surface area contributed by atoms with Crippen molar-refractivity contribution in [1.82, 2.24) is 0 Å². The van der Waals surface area contributed by atoms with Crippen LogP contribution in [0.2, 0.25) is 0 Å². The summed E-state index contributed by atoms with van der Waals surface area (Å²) in [6.45, 7) is 0. The van der Waals surface area contributed by atoms with Crippen molar-refractivity contribution in [1.29, 1.82) is 0 Å². The van der Waals surface area contributed by atoms with Crippen LogP contribution in [0.25, 0.3) is 0 Å². The lowest BCUT2D eigenvalue weighted by atomic mass is 10.0. The lowest BCUT2D eigenvalue weighted by molar-refractivity contribution is 0.386. The summed E-state index contributed by atoms with van der Waals surface area (Å²) < 4.78 is 18.0. The van der Waals surface area contributed by atoms with E-state index in [1.165, 1.54) is 13.2 Å². The molecule has 1 aliphatic rings. The van der Waals surface area contributed by atoms with Gasteiger partial charge in [0.15, 0.2) is 0 Å². The molecule has 1 aliphatic carbocycles. The average molecular weight is 223 g/mol. The molecule has 0 bridgehead atoms. The second-order valence-electron chi connectivity index (χ2n) is 3.74. The van der Waals surface area contributed by atoms with Gasteiger partial charge >= 0.3 is 0 Å². The zero-order valence-electron chi connectivity index (χ0n) is 8.66. The molecule has 0 unspecified atom stereocenters. The van der Waals surface area contributed by atoms with Crippen molar-refractivity contribution in [2.45, 2.75) is 18.4 Å². The highest BCUT2D eigenvalue weighted by Gasteiger charge is 2.49. The molecule has 1 saturated carbocycles. The number of carbonyl (C=O) groups excluding carboxylic acids is 1. The number of rotatable bonds is 3. The third-order valence-corrected chi connectivity index (χ3v) is 2.71. The molecule has 0 aliphatic heterocycles. The van der Waals surface area contributed by atoms with E-state index >= 15 is 0 Å². The molecule has 1 N–H and O–H groups in total. The summed E-state index contributed by atoms with van der Waals surface area (Å²) in [5.74, 6) is -0.633. The number of isocyanates is 1. The lowest BCUT2D eigenvalue weighted by Crippen LogP contribution is -2.06. The molecule has 1 aromatic rings. The molecular weight excluding hydrogens is 213 g/mol. The molecule has 1 aromatic carbocycles. The largest absolute Gasteiger partial charge is 0.507 e. The maximum atomic E-state index is 13.0. The fourth-order valence-electron chi connectivity index (χ4n) is 1.82. The van der Waals surface area contributed by atoms with Gasteiger partial charge in [-0.3, -0.25) is 0 Å². The van der Waals surface area contributed by atoms with E-state index in [0.717, 1.165) is 12.1 Å². The van der Waals surface area contributed by atoms with Crippen LogP contribution in [0.4, 0.5) is 4.39 Å². The molecular formula is C11H10FNO3. The topological polar surface area (TPSA) is 58.9 Å². The summed E-state index contributed by atoms with van der Waals surface area (Å²) >= 11 is 0. The third-order valence-electron chi connectivity index (χ3n) is 2.71. The number of hydrogen-bond donors (Lipinski definition) is 1. The van der Waals surface area contributed by atoms with Gasteiger partial charge in [0.2, 0.25) is 6.08 Å². The SMILES string of the molecule is COc1cc(F)cc(O)c1C1(N=C=O)CC1. The lowest BCUT2D eigenvalue weighted by Gasteiger charge is -2.15. The number of hydrogen-bond acceptors (Lipinski definition) is 4. The number of aromatic hydroxyl groups is 1. The van der Waals surface area contributed by atoms with E-state index in [2.05, 4.69) is 4.99 Å².